The number of carbonyl (C=O) groups is 1. The van der Waals surface area contributed by atoms with E-state index in [1.807, 2.05) is 13.8 Å². The van der Waals surface area contributed by atoms with Crippen LogP contribution in [0.3, 0.4) is 0 Å². The molecule has 2 atom stereocenters. The van der Waals surface area contributed by atoms with Gasteiger partial charge in [-0.1, -0.05) is 6.92 Å². The maximum atomic E-state index is 12.0. The molecule has 22 heavy (non-hydrogen) atoms. The van der Waals surface area contributed by atoms with Gasteiger partial charge in [-0.15, -0.1) is 24.8 Å². The fourth-order valence-electron chi connectivity index (χ4n) is 2.29. The van der Waals surface area contributed by atoms with Crippen molar-refractivity contribution in [2.24, 2.45) is 11.7 Å². The summed E-state index contributed by atoms with van der Waals surface area (Å²) >= 11 is 0. The molecule has 1 rings (SSSR count). The molecule has 0 aromatic heterocycles. The van der Waals surface area contributed by atoms with Crippen LogP contribution in [-0.2, 0) is 9.53 Å². The monoisotopic (exact) mass is 357 g/mol. The van der Waals surface area contributed by atoms with Crippen molar-refractivity contribution in [1.82, 2.24) is 10.2 Å². The van der Waals surface area contributed by atoms with Crippen molar-refractivity contribution < 1.29 is 9.53 Å². The van der Waals surface area contributed by atoms with Crippen LogP contribution >= 0.6 is 24.8 Å². The lowest BCUT2D eigenvalue weighted by Gasteiger charge is -2.33. The highest BCUT2D eigenvalue weighted by Gasteiger charge is 2.23. The summed E-state index contributed by atoms with van der Waals surface area (Å²) in [6, 6.07) is 0.203. The number of nitrogens with two attached hydrogens (primary N) is 1. The Morgan fingerprint density at radius 2 is 1.77 bits per heavy atom. The summed E-state index contributed by atoms with van der Waals surface area (Å²) in [6.07, 6.45) is 2.32. The molecule has 1 aliphatic rings. The van der Waals surface area contributed by atoms with E-state index in [1.54, 1.807) is 0 Å². The molecular formula is C15H33Cl2N3O2. The van der Waals surface area contributed by atoms with Gasteiger partial charge in [0.05, 0.1) is 12.7 Å². The van der Waals surface area contributed by atoms with Gasteiger partial charge in [0.15, 0.2) is 0 Å². The second-order valence-electron chi connectivity index (χ2n) is 6.19. The van der Waals surface area contributed by atoms with E-state index in [2.05, 4.69) is 24.1 Å². The highest BCUT2D eigenvalue weighted by molar-refractivity contribution is 5.85. The average molecular weight is 358 g/mol. The number of hydrogen-bond acceptors (Lipinski definition) is 4. The lowest BCUT2D eigenvalue weighted by molar-refractivity contribution is -0.126. The van der Waals surface area contributed by atoms with E-state index in [0.29, 0.717) is 12.1 Å². The fourth-order valence-corrected chi connectivity index (χ4v) is 2.29. The van der Waals surface area contributed by atoms with Gasteiger partial charge in [0.25, 0.3) is 0 Å². The Balaban J connectivity index is 0. The number of likely N-dealkylation sites (tertiary alicyclic amines) is 1. The van der Waals surface area contributed by atoms with Crippen molar-refractivity contribution in [3.63, 3.8) is 0 Å². The van der Waals surface area contributed by atoms with Crippen LogP contribution in [0.25, 0.3) is 0 Å². The third-order valence-corrected chi connectivity index (χ3v) is 3.99. The Bertz CT molecular complexity index is 297. The van der Waals surface area contributed by atoms with E-state index in [1.165, 1.54) is 0 Å². The standard InChI is InChI=1S/C15H31N3O2.2ClH/c1-11(2)20-10-9-18-7-5-14(6-8-18)17-15(19)12(3)13(4)16;;/h11-14H,5-10,16H2,1-4H3,(H,17,19);2*1H. The van der Waals surface area contributed by atoms with E-state index in [-0.39, 0.29) is 42.7 Å². The molecule has 1 fully saturated rings. The number of amides is 1. The number of piperidine rings is 1. The molecule has 0 saturated carbocycles. The van der Waals surface area contributed by atoms with Crippen molar-refractivity contribution in [2.75, 3.05) is 26.2 Å². The first-order chi connectivity index (χ1) is 9.40. The molecule has 1 heterocycles. The molecule has 0 aliphatic carbocycles. The van der Waals surface area contributed by atoms with Crippen LogP contribution in [0.5, 0.6) is 0 Å². The summed E-state index contributed by atoms with van der Waals surface area (Å²) in [7, 11) is 0. The van der Waals surface area contributed by atoms with E-state index in [4.69, 9.17) is 10.5 Å². The van der Waals surface area contributed by atoms with E-state index < -0.39 is 0 Å². The number of rotatable bonds is 7. The Kier molecular flexibility index (Phi) is 13.6. The lowest BCUT2D eigenvalue weighted by Crippen LogP contribution is -2.48. The largest absolute Gasteiger partial charge is 0.377 e. The van der Waals surface area contributed by atoms with Gasteiger partial charge >= 0.3 is 0 Å². The van der Waals surface area contributed by atoms with Crippen LogP contribution in [-0.4, -0.2) is 55.2 Å². The Morgan fingerprint density at radius 1 is 1.23 bits per heavy atom. The normalized spacial score (nSPS) is 19.0. The number of hydrogen-bond donors (Lipinski definition) is 2. The molecule has 0 bridgehead atoms. The van der Waals surface area contributed by atoms with Crippen molar-refractivity contribution in [3.05, 3.63) is 0 Å². The zero-order valence-corrected chi connectivity index (χ0v) is 15.8. The summed E-state index contributed by atoms with van der Waals surface area (Å²) in [5, 5.41) is 3.12. The molecule has 134 valence electrons. The van der Waals surface area contributed by atoms with Gasteiger partial charge in [-0.05, 0) is 33.6 Å². The van der Waals surface area contributed by atoms with Crippen LogP contribution in [0.1, 0.15) is 40.5 Å². The van der Waals surface area contributed by atoms with Gasteiger partial charge in [0.2, 0.25) is 5.91 Å². The molecular weight excluding hydrogens is 325 g/mol. The summed E-state index contributed by atoms with van der Waals surface area (Å²) in [4.78, 5) is 14.4. The molecule has 0 radical (unpaired) electrons. The number of nitrogens with zero attached hydrogens (tertiary/aromatic N) is 1. The van der Waals surface area contributed by atoms with Gasteiger partial charge in [0.1, 0.15) is 0 Å². The number of halogens is 2. The van der Waals surface area contributed by atoms with Crippen molar-refractivity contribution in [3.8, 4) is 0 Å². The lowest BCUT2D eigenvalue weighted by atomic mass is 10.0. The van der Waals surface area contributed by atoms with Crippen molar-refractivity contribution in [1.29, 1.82) is 0 Å². The Hall–Kier alpha value is -0.0700. The van der Waals surface area contributed by atoms with Crippen molar-refractivity contribution in [2.45, 2.75) is 58.7 Å². The summed E-state index contributed by atoms with van der Waals surface area (Å²) in [5.74, 6) is -0.0333. The zero-order chi connectivity index (χ0) is 15.1. The summed E-state index contributed by atoms with van der Waals surface area (Å²) < 4.78 is 5.57. The highest BCUT2D eigenvalue weighted by atomic mass is 35.5. The van der Waals surface area contributed by atoms with Crippen LogP contribution in [0.15, 0.2) is 0 Å². The van der Waals surface area contributed by atoms with Crippen LogP contribution in [0, 0.1) is 5.92 Å². The SMILES string of the molecule is CC(C)OCCN1CCC(NC(=O)C(C)C(C)N)CC1.Cl.Cl. The average Bonchev–Trinajstić information content (AvgIpc) is 2.39. The zero-order valence-electron chi connectivity index (χ0n) is 14.2. The predicted molar refractivity (Wildman–Crippen MR) is 96.0 cm³/mol. The smallest absolute Gasteiger partial charge is 0.224 e. The second-order valence-corrected chi connectivity index (χ2v) is 6.19. The molecule has 0 aromatic rings. The predicted octanol–water partition coefficient (Wildman–Crippen LogP) is 1.82. The van der Waals surface area contributed by atoms with Crippen LogP contribution in [0.4, 0.5) is 0 Å². The van der Waals surface area contributed by atoms with Crippen LogP contribution < -0.4 is 11.1 Å². The van der Waals surface area contributed by atoms with E-state index >= 15 is 0 Å². The highest BCUT2D eigenvalue weighted by Crippen LogP contribution is 2.11. The molecule has 1 amide bonds. The van der Waals surface area contributed by atoms with Gasteiger partial charge in [-0.2, -0.15) is 0 Å². The molecule has 7 heteroatoms. The van der Waals surface area contributed by atoms with Crippen molar-refractivity contribution >= 4 is 30.7 Å². The summed E-state index contributed by atoms with van der Waals surface area (Å²) in [6.45, 7) is 11.7. The van der Waals surface area contributed by atoms with Gasteiger partial charge in [0, 0.05) is 37.6 Å². The maximum Gasteiger partial charge on any atom is 0.224 e. The van der Waals surface area contributed by atoms with Gasteiger partial charge in [-0.25, -0.2) is 0 Å². The minimum atomic E-state index is -0.118. The van der Waals surface area contributed by atoms with Gasteiger partial charge in [-0.3, -0.25) is 4.79 Å². The molecule has 0 aromatic carbocycles. The third kappa shape index (κ3) is 9.16. The molecule has 5 nitrogen and oxygen atoms in total. The first-order valence-corrected chi connectivity index (χ1v) is 7.80. The maximum absolute atomic E-state index is 12.0. The Labute approximate surface area is 147 Å². The summed E-state index contributed by atoms with van der Waals surface area (Å²) in [5.41, 5.74) is 5.76. The molecule has 1 aliphatic heterocycles. The second kappa shape index (κ2) is 12.4. The molecule has 3 N–H and O–H groups in total. The van der Waals surface area contributed by atoms with E-state index in [0.717, 1.165) is 39.1 Å². The number of ether oxygens (including phenoxy) is 1. The number of nitrogens with one attached hydrogen (secondary N) is 1. The third-order valence-electron chi connectivity index (χ3n) is 3.99. The first-order valence-electron chi connectivity index (χ1n) is 7.80. The quantitative estimate of drug-likeness (QED) is 0.729. The van der Waals surface area contributed by atoms with E-state index in [9.17, 15) is 4.79 Å². The molecule has 2 unspecified atom stereocenters. The minimum absolute atomic E-state index is 0. The fraction of sp³-hybridized carbons (Fsp3) is 0.933. The van der Waals surface area contributed by atoms with Crippen LogP contribution in [0.2, 0.25) is 0 Å². The minimum Gasteiger partial charge on any atom is -0.377 e. The first kappa shape index (κ1) is 24.2. The number of carbonyl (C=O) groups excluding carboxylic acids is 1. The van der Waals surface area contributed by atoms with Gasteiger partial charge < -0.3 is 20.7 Å². The molecule has 0 spiro atoms. The molecule has 1 saturated heterocycles. The Morgan fingerprint density at radius 3 is 2.23 bits per heavy atom. The topological polar surface area (TPSA) is 67.6 Å².